The van der Waals surface area contributed by atoms with E-state index in [4.69, 9.17) is 31.9 Å². The fraction of sp³-hybridized carbons (Fsp3) is 0.300. The number of carbonyl (C=O) groups is 1. The first-order valence-corrected chi connectivity index (χ1v) is 5.69. The molecule has 5 nitrogen and oxygen atoms in total. The number of hydrogen-bond donors (Lipinski definition) is 2. The molecular formula is C10H11BrClNO4. The van der Waals surface area contributed by atoms with E-state index in [2.05, 4.69) is 15.9 Å². The lowest BCUT2D eigenvalue weighted by atomic mass is 10.1. The molecule has 0 bridgehead atoms. The van der Waals surface area contributed by atoms with Crippen LogP contribution in [0.25, 0.3) is 0 Å². The second-order valence-corrected chi connectivity index (χ2v) is 4.40. The monoisotopic (exact) mass is 323 g/mol. The maximum absolute atomic E-state index is 10.9. The third kappa shape index (κ3) is 2.65. The number of ether oxygens (including phenoxy) is 2. The maximum atomic E-state index is 10.9. The number of methoxy groups -OCH3 is 2. The van der Waals surface area contributed by atoms with E-state index in [-0.39, 0.29) is 16.3 Å². The summed E-state index contributed by atoms with van der Waals surface area (Å²) in [6, 6.07) is 0.237. The van der Waals surface area contributed by atoms with Gasteiger partial charge < -0.3 is 20.3 Å². The quantitative estimate of drug-likeness (QED) is 0.887. The van der Waals surface area contributed by atoms with Gasteiger partial charge in [0.1, 0.15) is 6.04 Å². The van der Waals surface area contributed by atoms with Crippen LogP contribution in [0.1, 0.15) is 11.6 Å². The number of nitrogens with two attached hydrogens (primary N) is 1. The second-order valence-electron chi connectivity index (χ2n) is 3.14. The number of benzene rings is 1. The Labute approximate surface area is 112 Å². The predicted molar refractivity (Wildman–Crippen MR) is 66.8 cm³/mol. The van der Waals surface area contributed by atoms with E-state index in [1.165, 1.54) is 20.3 Å². The van der Waals surface area contributed by atoms with Crippen LogP contribution in [0, 0.1) is 0 Å². The van der Waals surface area contributed by atoms with E-state index in [9.17, 15) is 4.79 Å². The van der Waals surface area contributed by atoms with Crippen molar-refractivity contribution in [1.82, 2.24) is 0 Å². The summed E-state index contributed by atoms with van der Waals surface area (Å²) in [5.41, 5.74) is 5.74. The lowest BCUT2D eigenvalue weighted by Gasteiger charge is -2.18. The third-order valence-electron chi connectivity index (χ3n) is 2.16. The summed E-state index contributed by atoms with van der Waals surface area (Å²) >= 11 is 9.21. The van der Waals surface area contributed by atoms with E-state index in [0.29, 0.717) is 10.2 Å². The van der Waals surface area contributed by atoms with Crippen LogP contribution in [0.3, 0.4) is 0 Å². The van der Waals surface area contributed by atoms with Crippen molar-refractivity contribution in [1.29, 1.82) is 0 Å². The van der Waals surface area contributed by atoms with Crippen molar-refractivity contribution in [2.45, 2.75) is 6.04 Å². The Morgan fingerprint density at radius 2 is 2.00 bits per heavy atom. The molecule has 1 aromatic rings. The standard InChI is InChI=1S/C10H11BrClNO4/c1-16-8-4(11)3-5(12)6(9(8)17-2)7(13)10(14)15/h3,7H,13H2,1-2H3,(H,14,15). The maximum Gasteiger partial charge on any atom is 0.325 e. The molecule has 1 aromatic carbocycles. The van der Waals surface area contributed by atoms with Gasteiger partial charge in [-0.05, 0) is 22.0 Å². The van der Waals surface area contributed by atoms with Gasteiger partial charge in [0.15, 0.2) is 11.5 Å². The molecule has 0 aliphatic heterocycles. The third-order valence-corrected chi connectivity index (χ3v) is 3.07. The van der Waals surface area contributed by atoms with Gasteiger partial charge in [-0.3, -0.25) is 4.79 Å². The Balaban J connectivity index is 3.52. The molecule has 0 radical (unpaired) electrons. The molecule has 17 heavy (non-hydrogen) atoms. The molecule has 0 saturated carbocycles. The van der Waals surface area contributed by atoms with Crippen molar-refractivity contribution in [2.24, 2.45) is 5.73 Å². The van der Waals surface area contributed by atoms with Gasteiger partial charge in [-0.25, -0.2) is 0 Å². The molecular weight excluding hydrogens is 313 g/mol. The van der Waals surface area contributed by atoms with Gasteiger partial charge in [0, 0.05) is 5.56 Å². The molecule has 1 rings (SSSR count). The number of carboxylic acid groups (broad SMARTS) is 1. The molecule has 0 fully saturated rings. The Morgan fingerprint density at radius 1 is 1.47 bits per heavy atom. The highest BCUT2D eigenvalue weighted by atomic mass is 79.9. The summed E-state index contributed by atoms with van der Waals surface area (Å²) < 4.78 is 10.8. The van der Waals surface area contributed by atoms with E-state index >= 15 is 0 Å². The van der Waals surface area contributed by atoms with Crippen LogP contribution >= 0.6 is 27.5 Å². The zero-order valence-corrected chi connectivity index (χ0v) is 11.5. The van der Waals surface area contributed by atoms with Crippen LogP contribution in [0.2, 0.25) is 5.02 Å². The number of rotatable bonds is 4. The van der Waals surface area contributed by atoms with E-state index < -0.39 is 12.0 Å². The van der Waals surface area contributed by atoms with Gasteiger partial charge >= 0.3 is 5.97 Å². The molecule has 3 N–H and O–H groups in total. The zero-order chi connectivity index (χ0) is 13.2. The topological polar surface area (TPSA) is 81.8 Å². The Bertz CT molecular complexity index is 452. The normalized spacial score (nSPS) is 12.1. The van der Waals surface area contributed by atoms with Crippen LogP contribution in [0.4, 0.5) is 0 Å². The van der Waals surface area contributed by atoms with Crippen molar-refractivity contribution in [2.75, 3.05) is 14.2 Å². The number of hydrogen-bond acceptors (Lipinski definition) is 4. The van der Waals surface area contributed by atoms with Crippen molar-refractivity contribution < 1.29 is 19.4 Å². The SMILES string of the molecule is COc1c(Br)cc(Cl)c(C(N)C(=O)O)c1OC. The lowest BCUT2D eigenvalue weighted by molar-refractivity contribution is -0.138. The summed E-state index contributed by atoms with van der Waals surface area (Å²) in [7, 11) is 2.82. The lowest BCUT2D eigenvalue weighted by Crippen LogP contribution is -2.22. The Hall–Kier alpha value is -0.980. The van der Waals surface area contributed by atoms with Crippen LogP contribution in [-0.4, -0.2) is 25.3 Å². The molecule has 1 unspecified atom stereocenters. The van der Waals surface area contributed by atoms with E-state index in [0.717, 1.165) is 0 Å². The minimum absolute atomic E-state index is 0.182. The highest BCUT2D eigenvalue weighted by molar-refractivity contribution is 9.10. The summed E-state index contributed by atoms with van der Waals surface area (Å²) in [4.78, 5) is 10.9. The molecule has 0 aliphatic carbocycles. The van der Waals surface area contributed by atoms with E-state index in [1.807, 2.05) is 0 Å². The minimum Gasteiger partial charge on any atom is -0.492 e. The molecule has 0 aliphatic rings. The molecule has 0 aromatic heterocycles. The van der Waals surface area contributed by atoms with Crippen LogP contribution < -0.4 is 15.2 Å². The molecule has 1 atom stereocenters. The first-order chi connectivity index (χ1) is 7.93. The van der Waals surface area contributed by atoms with Gasteiger partial charge in [0.05, 0.1) is 23.7 Å². The molecule has 0 saturated heterocycles. The second kappa shape index (κ2) is 5.57. The van der Waals surface area contributed by atoms with Crippen LogP contribution in [0.15, 0.2) is 10.5 Å². The van der Waals surface area contributed by atoms with Gasteiger partial charge in [-0.15, -0.1) is 0 Å². The smallest absolute Gasteiger partial charge is 0.325 e. The summed E-state index contributed by atoms with van der Waals surface area (Å²) in [6.07, 6.45) is 0. The van der Waals surface area contributed by atoms with Crippen molar-refractivity contribution >= 4 is 33.5 Å². The fourth-order valence-electron chi connectivity index (χ4n) is 1.40. The summed E-state index contributed by atoms with van der Waals surface area (Å²) in [5.74, 6) is -0.639. The number of halogens is 2. The zero-order valence-electron chi connectivity index (χ0n) is 9.16. The molecule has 0 heterocycles. The summed E-state index contributed by atoms with van der Waals surface area (Å²) in [5, 5.41) is 9.12. The molecule has 7 heteroatoms. The van der Waals surface area contributed by atoms with Gasteiger partial charge in [-0.2, -0.15) is 0 Å². The van der Waals surface area contributed by atoms with Crippen molar-refractivity contribution in [3.8, 4) is 11.5 Å². The molecule has 94 valence electrons. The van der Waals surface area contributed by atoms with Crippen molar-refractivity contribution in [3.63, 3.8) is 0 Å². The highest BCUT2D eigenvalue weighted by Gasteiger charge is 2.26. The first-order valence-electron chi connectivity index (χ1n) is 4.52. The molecule has 0 amide bonds. The number of carboxylic acids is 1. The van der Waals surface area contributed by atoms with Gasteiger partial charge in [0.25, 0.3) is 0 Å². The first kappa shape index (κ1) is 14.1. The van der Waals surface area contributed by atoms with Crippen LogP contribution in [0.5, 0.6) is 11.5 Å². The van der Waals surface area contributed by atoms with E-state index in [1.54, 1.807) is 0 Å². The highest BCUT2D eigenvalue weighted by Crippen LogP contribution is 2.44. The fourth-order valence-corrected chi connectivity index (χ4v) is 2.42. The van der Waals surface area contributed by atoms with Gasteiger partial charge in [-0.1, -0.05) is 11.6 Å². The Kier molecular flexibility index (Phi) is 4.62. The Morgan fingerprint density at radius 3 is 2.41 bits per heavy atom. The minimum atomic E-state index is -1.28. The average molecular weight is 325 g/mol. The predicted octanol–water partition coefficient (Wildman–Crippen LogP) is 2.20. The average Bonchev–Trinajstić information content (AvgIpc) is 2.27. The summed E-state index contributed by atoms with van der Waals surface area (Å²) in [6.45, 7) is 0. The van der Waals surface area contributed by atoms with Gasteiger partial charge in [0.2, 0.25) is 0 Å². The van der Waals surface area contributed by atoms with Crippen LogP contribution in [-0.2, 0) is 4.79 Å². The molecule has 0 spiro atoms. The van der Waals surface area contributed by atoms with Crippen molar-refractivity contribution in [3.05, 3.63) is 21.1 Å². The number of aliphatic carboxylic acids is 1. The largest absolute Gasteiger partial charge is 0.492 e.